The second kappa shape index (κ2) is 4.99. The van der Waals surface area contributed by atoms with E-state index >= 15 is 0 Å². The highest BCUT2D eigenvalue weighted by Crippen LogP contribution is 2.28. The van der Waals surface area contributed by atoms with E-state index in [1.165, 1.54) is 6.42 Å². The van der Waals surface area contributed by atoms with Gasteiger partial charge >= 0.3 is 0 Å². The number of nitrogens with zero attached hydrogens (tertiary/aromatic N) is 3. The number of nitrogens with two attached hydrogens (primary N) is 1. The van der Waals surface area contributed by atoms with Crippen molar-refractivity contribution in [1.82, 2.24) is 9.97 Å². The number of anilines is 2. The van der Waals surface area contributed by atoms with Gasteiger partial charge in [0, 0.05) is 24.6 Å². The van der Waals surface area contributed by atoms with Gasteiger partial charge in [0.1, 0.15) is 17.5 Å². The molecule has 2 rings (SSSR count). The normalized spacial score (nSPS) is 24.6. The predicted molar refractivity (Wildman–Crippen MR) is 80.3 cm³/mol. The van der Waals surface area contributed by atoms with Crippen LogP contribution in [-0.2, 0) is 5.41 Å². The van der Waals surface area contributed by atoms with E-state index < -0.39 is 0 Å². The standard InChI is InChI=1S/C15H26N4/c1-10-6-7-19(9-11(10)2)13-8-12(16)17-14(18-13)15(3,4)5/h8,10-11H,6-7,9H2,1-5H3,(H2,16,17,18). The molecule has 0 saturated carbocycles. The fourth-order valence-electron chi connectivity index (χ4n) is 2.42. The summed E-state index contributed by atoms with van der Waals surface area (Å²) in [7, 11) is 0. The molecule has 4 heteroatoms. The first-order valence-corrected chi connectivity index (χ1v) is 7.17. The predicted octanol–water partition coefficient (Wildman–Crippen LogP) is 2.84. The molecule has 0 radical (unpaired) electrons. The summed E-state index contributed by atoms with van der Waals surface area (Å²) in [6.45, 7) is 13.1. The number of aromatic nitrogens is 2. The van der Waals surface area contributed by atoms with E-state index in [9.17, 15) is 0 Å². The van der Waals surface area contributed by atoms with E-state index in [1.54, 1.807) is 0 Å². The first-order chi connectivity index (χ1) is 8.77. The highest BCUT2D eigenvalue weighted by molar-refractivity contribution is 5.48. The second-order valence-corrected chi connectivity index (χ2v) is 6.91. The van der Waals surface area contributed by atoms with Gasteiger partial charge < -0.3 is 10.6 Å². The molecule has 1 aromatic rings. The van der Waals surface area contributed by atoms with Crippen LogP contribution < -0.4 is 10.6 Å². The second-order valence-electron chi connectivity index (χ2n) is 6.91. The third-order valence-electron chi connectivity index (χ3n) is 4.06. The van der Waals surface area contributed by atoms with Crippen LogP contribution in [-0.4, -0.2) is 23.1 Å². The quantitative estimate of drug-likeness (QED) is 0.845. The molecule has 1 saturated heterocycles. The summed E-state index contributed by atoms with van der Waals surface area (Å²) in [5.41, 5.74) is 5.88. The van der Waals surface area contributed by atoms with Crippen molar-refractivity contribution >= 4 is 11.6 Å². The summed E-state index contributed by atoms with van der Waals surface area (Å²) in [6, 6.07) is 1.90. The first-order valence-electron chi connectivity index (χ1n) is 7.17. The molecule has 2 N–H and O–H groups in total. The van der Waals surface area contributed by atoms with Gasteiger partial charge in [0.25, 0.3) is 0 Å². The van der Waals surface area contributed by atoms with Gasteiger partial charge in [0.05, 0.1) is 0 Å². The summed E-state index contributed by atoms with van der Waals surface area (Å²) < 4.78 is 0. The molecule has 0 aromatic carbocycles. The van der Waals surface area contributed by atoms with E-state index in [2.05, 4.69) is 44.5 Å². The molecule has 2 atom stereocenters. The molecular formula is C15H26N4. The Morgan fingerprint density at radius 1 is 1.21 bits per heavy atom. The maximum atomic E-state index is 5.95. The number of hydrogen-bond donors (Lipinski definition) is 1. The molecule has 2 heterocycles. The minimum atomic E-state index is -0.0706. The number of piperidine rings is 1. The van der Waals surface area contributed by atoms with Gasteiger partial charge in [0.2, 0.25) is 0 Å². The molecule has 19 heavy (non-hydrogen) atoms. The molecule has 4 nitrogen and oxygen atoms in total. The first kappa shape index (κ1) is 14.1. The molecule has 106 valence electrons. The Morgan fingerprint density at radius 3 is 2.47 bits per heavy atom. The van der Waals surface area contributed by atoms with Crippen molar-refractivity contribution < 1.29 is 0 Å². The zero-order valence-electron chi connectivity index (χ0n) is 12.8. The lowest BCUT2D eigenvalue weighted by molar-refractivity contribution is 0.322. The highest BCUT2D eigenvalue weighted by Gasteiger charge is 2.25. The lowest BCUT2D eigenvalue weighted by Gasteiger charge is -2.36. The summed E-state index contributed by atoms with van der Waals surface area (Å²) >= 11 is 0. The Morgan fingerprint density at radius 2 is 1.89 bits per heavy atom. The van der Waals surface area contributed by atoms with Crippen molar-refractivity contribution in [3.8, 4) is 0 Å². The summed E-state index contributed by atoms with van der Waals surface area (Å²) in [6.07, 6.45) is 1.22. The van der Waals surface area contributed by atoms with Crippen LogP contribution in [0.3, 0.4) is 0 Å². The Balaban J connectivity index is 2.28. The molecule has 1 aromatic heterocycles. The number of rotatable bonds is 1. The van der Waals surface area contributed by atoms with Crippen LogP contribution in [0.15, 0.2) is 6.07 Å². The highest BCUT2D eigenvalue weighted by atomic mass is 15.2. The lowest BCUT2D eigenvalue weighted by atomic mass is 9.89. The molecule has 0 spiro atoms. The van der Waals surface area contributed by atoms with Crippen LogP contribution in [0.25, 0.3) is 0 Å². The van der Waals surface area contributed by atoms with E-state index in [-0.39, 0.29) is 5.41 Å². The fraction of sp³-hybridized carbons (Fsp3) is 0.733. The zero-order valence-corrected chi connectivity index (χ0v) is 12.8. The molecule has 2 unspecified atom stereocenters. The van der Waals surface area contributed by atoms with Gasteiger partial charge in [-0.1, -0.05) is 34.6 Å². The molecule has 1 aliphatic rings. The van der Waals surface area contributed by atoms with Crippen LogP contribution in [0.5, 0.6) is 0 Å². The van der Waals surface area contributed by atoms with Gasteiger partial charge in [-0.2, -0.15) is 0 Å². The Bertz CT molecular complexity index is 450. The maximum Gasteiger partial charge on any atom is 0.138 e. The molecule has 1 aliphatic heterocycles. The van der Waals surface area contributed by atoms with Crippen LogP contribution >= 0.6 is 0 Å². The SMILES string of the molecule is CC1CCN(c2cc(N)nc(C(C)(C)C)n2)CC1C. The van der Waals surface area contributed by atoms with E-state index in [1.807, 2.05) is 6.07 Å². The largest absolute Gasteiger partial charge is 0.384 e. The fourth-order valence-corrected chi connectivity index (χ4v) is 2.42. The lowest BCUT2D eigenvalue weighted by Crippen LogP contribution is -2.39. The van der Waals surface area contributed by atoms with Crippen molar-refractivity contribution in [1.29, 1.82) is 0 Å². The van der Waals surface area contributed by atoms with Gasteiger partial charge in [-0.15, -0.1) is 0 Å². The van der Waals surface area contributed by atoms with E-state index in [4.69, 9.17) is 10.7 Å². The zero-order chi connectivity index (χ0) is 14.2. The van der Waals surface area contributed by atoms with Crippen molar-refractivity contribution in [2.45, 2.75) is 46.5 Å². The summed E-state index contributed by atoms with van der Waals surface area (Å²) in [5, 5.41) is 0. The molecule has 0 aliphatic carbocycles. The van der Waals surface area contributed by atoms with Gasteiger partial charge in [-0.25, -0.2) is 9.97 Å². The van der Waals surface area contributed by atoms with E-state index in [0.29, 0.717) is 11.7 Å². The van der Waals surface area contributed by atoms with E-state index in [0.717, 1.165) is 30.6 Å². The molecule has 0 amide bonds. The maximum absolute atomic E-state index is 5.95. The number of hydrogen-bond acceptors (Lipinski definition) is 4. The van der Waals surface area contributed by atoms with Crippen LogP contribution in [0.2, 0.25) is 0 Å². The molecule has 1 fully saturated rings. The molecular weight excluding hydrogens is 236 g/mol. The smallest absolute Gasteiger partial charge is 0.138 e. The number of nitrogen functional groups attached to an aromatic ring is 1. The van der Waals surface area contributed by atoms with Gasteiger partial charge in [-0.3, -0.25) is 0 Å². The van der Waals surface area contributed by atoms with Crippen molar-refractivity contribution in [2.24, 2.45) is 11.8 Å². The van der Waals surface area contributed by atoms with Crippen LogP contribution in [0, 0.1) is 11.8 Å². The van der Waals surface area contributed by atoms with Crippen molar-refractivity contribution in [2.75, 3.05) is 23.7 Å². The minimum Gasteiger partial charge on any atom is -0.384 e. The average molecular weight is 262 g/mol. The Hall–Kier alpha value is -1.32. The third-order valence-corrected chi connectivity index (χ3v) is 4.06. The summed E-state index contributed by atoms with van der Waals surface area (Å²) in [4.78, 5) is 11.4. The van der Waals surface area contributed by atoms with Gasteiger partial charge in [-0.05, 0) is 18.3 Å². The Labute approximate surface area is 116 Å². The minimum absolute atomic E-state index is 0.0706. The van der Waals surface area contributed by atoms with Crippen LogP contribution in [0.4, 0.5) is 11.6 Å². The monoisotopic (exact) mass is 262 g/mol. The Kier molecular flexibility index (Phi) is 3.70. The molecule has 0 bridgehead atoms. The third kappa shape index (κ3) is 3.17. The van der Waals surface area contributed by atoms with Crippen LogP contribution in [0.1, 0.15) is 46.9 Å². The summed E-state index contributed by atoms with van der Waals surface area (Å²) in [5.74, 6) is 3.87. The van der Waals surface area contributed by atoms with Crippen molar-refractivity contribution in [3.05, 3.63) is 11.9 Å². The topological polar surface area (TPSA) is 55.0 Å². The van der Waals surface area contributed by atoms with Gasteiger partial charge in [0.15, 0.2) is 0 Å². The average Bonchev–Trinajstić information content (AvgIpc) is 2.31. The van der Waals surface area contributed by atoms with Crippen molar-refractivity contribution in [3.63, 3.8) is 0 Å².